The Morgan fingerprint density at radius 2 is 1.90 bits per heavy atom. The number of aliphatic carboxylic acids is 1. The van der Waals surface area contributed by atoms with Crippen LogP contribution in [-0.4, -0.2) is 56.2 Å². The van der Waals surface area contributed by atoms with Crippen molar-refractivity contribution < 1.29 is 14.7 Å². The van der Waals surface area contributed by atoms with E-state index in [1.54, 1.807) is 10.9 Å². The molecule has 4 rings (SSSR count). The number of fused-ring (bicyclic) bond motifs is 1. The lowest BCUT2D eigenvalue weighted by molar-refractivity contribution is -0.138. The van der Waals surface area contributed by atoms with Crippen LogP contribution in [0.25, 0.3) is 0 Å². The standard InChI is InChI=1S/C22H28N4O3/c27-21(8-4-11-24-13-17-5-1-2-6-18(17)14-24)25-12-3-7-19(15-25)20-9-10-23-26(20)16-22(28)29/h1-2,5-6,9-10,19H,3-4,7-8,11-16H2,(H,28,29). The Labute approximate surface area is 170 Å². The summed E-state index contributed by atoms with van der Waals surface area (Å²) in [5.41, 5.74) is 3.71. The third-order valence-electron chi connectivity index (χ3n) is 6.00. The molecule has 1 saturated heterocycles. The highest BCUT2D eigenvalue weighted by Gasteiger charge is 2.27. The lowest BCUT2D eigenvalue weighted by atomic mass is 9.94. The summed E-state index contributed by atoms with van der Waals surface area (Å²) in [5.74, 6) is -0.541. The fourth-order valence-electron chi connectivity index (χ4n) is 4.57. The van der Waals surface area contributed by atoms with Gasteiger partial charge in [0.1, 0.15) is 6.54 Å². The van der Waals surface area contributed by atoms with E-state index < -0.39 is 5.97 Å². The van der Waals surface area contributed by atoms with E-state index in [-0.39, 0.29) is 18.4 Å². The summed E-state index contributed by atoms with van der Waals surface area (Å²) >= 11 is 0. The molecule has 29 heavy (non-hydrogen) atoms. The predicted molar refractivity (Wildman–Crippen MR) is 108 cm³/mol. The Balaban J connectivity index is 1.26. The normalized spacial score (nSPS) is 19.3. The predicted octanol–water partition coefficient (Wildman–Crippen LogP) is 2.47. The Morgan fingerprint density at radius 1 is 1.14 bits per heavy atom. The maximum Gasteiger partial charge on any atom is 0.325 e. The number of carbonyl (C=O) groups excluding carboxylic acids is 1. The highest BCUT2D eigenvalue weighted by Crippen LogP contribution is 2.27. The minimum absolute atomic E-state index is 0.134. The smallest absolute Gasteiger partial charge is 0.325 e. The number of hydrogen-bond acceptors (Lipinski definition) is 4. The Kier molecular flexibility index (Phi) is 5.94. The summed E-state index contributed by atoms with van der Waals surface area (Å²) < 4.78 is 1.55. The van der Waals surface area contributed by atoms with E-state index in [0.29, 0.717) is 13.0 Å². The van der Waals surface area contributed by atoms with Gasteiger partial charge >= 0.3 is 5.97 Å². The number of hydrogen-bond donors (Lipinski definition) is 1. The first-order valence-electron chi connectivity index (χ1n) is 10.4. The SMILES string of the molecule is O=C(O)Cn1nccc1C1CCCN(C(=O)CCCN2Cc3ccccc3C2)C1. The van der Waals surface area contributed by atoms with Gasteiger partial charge in [-0.25, -0.2) is 0 Å². The van der Waals surface area contributed by atoms with Crippen LogP contribution in [0.15, 0.2) is 36.5 Å². The molecule has 0 radical (unpaired) electrons. The van der Waals surface area contributed by atoms with E-state index in [2.05, 4.69) is 34.3 Å². The number of carboxylic acid groups (broad SMARTS) is 1. The zero-order valence-corrected chi connectivity index (χ0v) is 16.7. The summed E-state index contributed by atoms with van der Waals surface area (Å²) in [6.45, 7) is 4.19. The van der Waals surface area contributed by atoms with Gasteiger partial charge in [-0.3, -0.25) is 19.2 Å². The molecule has 0 saturated carbocycles. The number of aromatic nitrogens is 2. The minimum Gasteiger partial charge on any atom is -0.480 e. The average Bonchev–Trinajstić information content (AvgIpc) is 3.34. The maximum absolute atomic E-state index is 12.8. The second-order valence-corrected chi connectivity index (χ2v) is 8.07. The van der Waals surface area contributed by atoms with E-state index in [4.69, 9.17) is 5.11 Å². The molecule has 2 aliphatic rings. The molecule has 0 bridgehead atoms. The van der Waals surface area contributed by atoms with E-state index in [9.17, 15) is 9.59 Å². The summed E-state index contributed by atoms with van der Waals surface area (Å²) in [5, 5.41) is 13.2. The molecule has 154 valence electrons. The van der Waals surface area contributed by atoms with Crippen molar-refractivity contribution in [3.8, 4) is 0 Å². The Bertz CT molecular complexity index is 853. The van der Waals surface area contributed by atoms with Crippen molar-refractivity contribution in [1.82, 2.24) is 19.6 Å². The number of carbonyl (C=O) groups is 2. The molecule has 1 amide bonds. The maximum atomic E-state index is 12.8. The fourth-order valence-corrected chi connectivity index (χ4v) is 4.57. The molecule has 2 aromatic rings. The van der Waals surface area contributed by atoms with Gasteiger partial charge < -0.3 is 10.0 Å². The third-order valence-corrected chi connectivity index (χ3v) is 6.00. The van der Waals surface area contributed by atoms with Crippen LogP contribution < -0.4 is 0 Å². The molecule has 1 fully saturated rings. The van der Waals surface area contributed by atoms with Gasteiger partial charge in [-0.15, -0.1) is 0 Å². The van der Waals surface area contributed by atoms with Gasteiger partial charge in [0, 0.05) is 50.4 Å². The zero-order valence-electron chi connectivity index (χ0n) is 16.7. The van der Waals surface area contributed by atoms with E-state index in [0.717, 1.165) is 51.1 Å². The number of likely N-dealkylation sites (tertiary alicyclic amines) is 1. The first-order chi connectivity index (χ1) is 14.1. The number of carboxylic acids is 1. The summed E-state index contributed by atoms with van der Waals surface area (Å²) in [4.78, 5) is 28.2. The Hall–Kier alpha value is -2.67. The quantitative estimate of drug-likeness (QED) is 0.778. The molecule has 1 aromatic heterocycles. The van der Waals surface area contributed by atoms with Crippen molar-refractivity contribution in [1.29, 1.82) is 0 Å². The second kappa shape index (κ2) is 8.78. The topological polar surface area (TPSA) is 78.7 Å². The number of rotatable bonds is 7. The molecule has 3 heterocycles. The molecule has 2 aliphatic heterocycles. The lowest BCUT2D eigenvalue weighted by Crippen LogP contribution is -2.40. The van der Waals surface area contributed by atoms with E-state index in [1.807, 2.05) is 11.0 Å². The van der Waals surface area contributed by atoms with Crippen LogP contribution in [0, 0.1) is 0 Å². The van der Waals surface area contributed by atoms with Crippen molar-refractivity contribution in [2.24, 2.45) is 0 Å². The van der Waals surface area contributed by atoms with Crippen LogP contribution >= 0.6 is 0 Å². The van der Waals surface area contributed by atoms with Gasteiger partial charge in [0.25, 0.3) is 0 Å². The van der Waals surface area contributed by atoms with Gasteiger partial charge in [0.15, 0.2) is 0 Å². The first kappa shape index (κ1) is 19.6. The Morgan fingerprint density at radius 3 is 2.62 bits per heavy atom. The number of nitrogens with zero attached hydrogens (tertiary/aromatic N) is 4. The number of benzene rings is 1. The molecule has 7 heteroatoms. The van der Waals surface area contributed by atoms with Crippen molar-refractivity contribution >= 4 is 11.9 Å². The monoisotopic (exact) mass is 396 g/mol. The second-order valence-electron chi connectivity index (χ2n) is 8.07. The molecule has 1 atom stereocenters. The van der Waals surface area contributed by atoms with E-state index in [1.165, 1.54) is 11.1 Å². The van der Waals surface area contributed by atoms with Gasteiger partial charge in [-0.2, -0.15) is 5.10 Å². The number of piperidine rings is 1. The third kappa shape index (κ3) is 4.67. The van der Waals surface area contributed by atoms with Crippen LogP contribution in [0.1, 0.15) is 48.4 Å². The summed E-state index contributed by atoms with van der Waals surface area (Å²) in [6, 6.07) is 10.4. The summed E-state index contributed by atoms with van der Waals surface area (Å²) in [6.07, 6.45) is 4.98. The number of amides is 1. The molecular weight excluding hydrogens is 368 g/mol. The van der Waals surface area contributed by atoms with Crippen LogP contribution in [0.3, 0.4) is 0 Å². The van der Waals surface area contributed by atoms with Gasteiger partial charge in [0.05, 0.1) is 0 Å². The van der Waals surface area contributed by atoms with Gasteiger partial charge in [-0.1, -0.05) is 24.3 Å². The minimum atomic E-state index is -0.900. The first-order valence-corrected chi connectivity index (χ1v) is 10.4. The fraction of sp³-hybridized carbons (Fsp3) is 0.500. The molecule has 1 N–H and O–H groups in total. The van der Waals surface area contributed by atoms with Crippen molar-refractivity contribution in [2.75, 3.05) is 19.6 Å². The molecule has 0 aliphatic carbocycles. The van der Waals surface area contributed by atoms with Crippen molar-refractivity contribution in [3.05, 3.63) is 53.3 Å². The van der Waals surface area contributed by atoms with Crippen molar-refractivity contribution in [2.45, 2.75) is 51.2 Å². The van der Waals surface area contributed by atoms with Gasteiger partial charge in [-0.05, 0) is 43.0 Å². The van der Waals surface area contributed by atoms with Crippen LogP contribution in [-0.2, 0) is 29.2 Å². The lowest BCUT2D eigenvalue weighted by Gasteiger charge is -2.33. The van der Waals surface area contributed by atoms with E-state index >= 15 is 0 Å². The molecule has 7 nitrogen and oxygen atoms in total. The van der Waals surface area contributed by atoms with Crippen molar-refractivity contribution in [3.63, 3.8) is 0 Å². The molecule has 0 spiro atoms. The molecular formula is C22H28N4O3. The van der Waals surface area contributed by atoms with Crippen LogP contribution in [0.5, 0.6) is 0 Å². The van der Waals surface area contributed by atoms with Gasteiger partial charge in [0.2, 0.25) is 5.91 Å². The molecule has 1 unspecified atom stereocenters. The average molecular weight is 396 g/mol. The highest BCUT2D eigenvalue weighted by molar-refractivity contribution is 5.76. The highest BCUT2D eigenvalue weighted by atomic mass is 16.4. The van der Waals surface area contributed by atoms with Crippen LogP contribution in [0.4, 0.5) is 0 Å². The largest absolute Gasteiger partial charge is 0.480 e. The van der Waals surface area contributed by atoms with Crippen LogP contribution in [0.2, 0.25) is 0 Å². The summed E-state index contributed by atoms with van der Waals surface area (Å²) in [7, 11) is 0. The zero-order chi connectivity index (χ0) is 20.2. The molecule has 1 aromatic carbocycles.